The van der Waals surface area contributed by atoms with E-state index < -0.39 is 23.3 Å². The Morgan fingerprint density at radius 2 is 1.89 bits per heavy atom. The van der Waals surface area contributed by atoms with Crippen molar-refractivity contribution < 1.29 is 13.0 Å². The van der Waals surface area contributed by atoms with Crippen molar-refractivity contribution in [3.8, 4) is 0 Å². The van der Waals surface area contributed by atoms with Crippen LogP contribution < -0.4 is 4.72 Å². The van der Waals surface area contributed by atoms with E-state index in [1.54, 1.807) is 0 Å². The van der Waals surface area contributed by atoms with Crippen molar-refractivity contribution in [1.29, 1.82) is 0 Å². The van der Waals surface area contributed by atoms with E-state index in [0.29, 0.717) is 12.8 Å². The monoisotopic (exact) mass is 461 g/mol. The Bertz CT molecular complexity index is 711. The molecular formula is C21H30BrF2NOS. The Labute approximate surface area is 172 Å². The van der Waals surface area contributed by atoms with Gasteiger partial charge in [-0.05, 0) is 88.5 Å². The van der Waals surface area contributed by atoms with Gasteiger partial charge in [0.05, 0.1) is 15.7 Å². The minimum absolute atomic E-state index is 0.0109. The van der Waals surface area contributed by atoms with E-state index in [2.05, 4.69) is 45.8 Å². The van der Waals surface area contributed by atoms with Gasteiger partial charge in [0, 0.05) is 22.4 Å². The first-order chi connectivity index (χ1) is 12.5. The summed E-state index contributed by atoms with van der Waals surface area (Å²) in [5, 5.41) is 0. The predicted octanol–water partition coefficient (Wildman–Crippen LogP) is 5.97. The summed E-state index contributed by atoms with van der Waals surface area (Å²) in [6.45, 7) is 7.99. The van der Waals surface area contributed by atoms with Crippen molar-refractivity contribution in [3.05, 3.63) is 33.8 Å². The normalized spacial score (nSPS) is 30.5. The summed E-state index contributed by atoms with van der Waals surface area (Å²) in [6, 6.07) is 6.41. The van der Waals surface area contributed by atoms with Gasteiger partial charge in [-0.3, -0.25) is 0 Å². The standard InChI is InChI=1S/C21H30BrF2NOS/c1-13(25-27(26)20(2,3)4)18-17-11-16(22)6-5-15(17)12-21(18)9-7-14(8-10-21)19(23)24/h5-6,11,13-14,18-19,25H,7-10,12H2,1-4H3. The second-order valence-electron chi connectivity index (χ2n) is 9.32. The molecule has 3 atom stereocenters. The molecule has 0 bridgehead atoms. The fourth-order valence-corrected chi connectivity index (χ4v) is 6.21. The number of hydrogen-bond acceptors (Lipinski definition) is 1. The number of benzene rings is 1. The molecule has 152 valence electrons. The minimum atomic E-state index is -2.22. The lowest BCUT2D eigenvalue weighted by Gasteiger charge is -2.44. The molecule has 6 heteroatoms. The molecule has 1 N–H and O–H groups in total. The smallest absolute Gasteiger partial charge is 0.241 e. The molecule has 2 aliphatic rings. The molecule has 1 aromatic carbocycles. The molecule has 0 heterocycles. The van der Waals surface area contributed by atoms with E-state index in [0.717, 1.165) is 23.7 Å². The van der Waals surface area contributed by atoms with Gasteiger partial charge in [0.2, 0.25) is 6.43 Å². The van der Waals surface area contributed by atoms with Gasteiger partial charge in [-0.15, -0.1) is 0 Å². The third kappa shape index (κ3) is 4.32. The molecule has 0 amide bonds. The molecule has 2 aliphatic carbocycles. The summed E-state index contributed by atoms with van der Waals surface area (Å²) in [7, 11) is -1.16. The second-order valence-corrected chi connectivity index (χ2v) is 12.2. The van der Waals surface area contributed by atoms with Crippen molar-refractivity contribution in [2.45, 2.75) is 82.9 Å². The lowest BCUT2D eigenvalue weighted by atomic mass is 9.62. The molecule has 3 rings (SSSR count). The molecular weight excluding hydrogens is 432 g/mol. The van der Waals surface area contributed by atoms with E-state index in [-0.39, 0.29) is 22.1 Å². The van der Waals surface area contributed by atoms with Crippen molar-refractivity contribution in [1.82, 2.24) is 4.72 Å². The molecule has 3 unspecified atom stereocenters. The van der Waals surface area contributed by atoms with Crippen molar-refractivity contribution >= 4 is 26.9 Å². The molecule has 1 fully saturated rings. The van der Waals surface area contributed by atoms with Crippen LogP contribution in [0, 0.1) is 11.3 Å². The lowest BCUT2D eigenvalue weighted by Crippen LogP contribution is -2.46. The van der Waals surface area contributed by atoms with Gasteiger partial charge in [-0.2, -0.15) is 0 Å². The zero-order valence-electron chi connectivity index (χ0n) is 16.5. The number of rotatable bonds is 4. The highest BCUT2D eigenvalue weighted by molar-refractivity contribution is 9.10. The molecule has 27 heavy (non-hydrogen) atoms. The number of halogens is 3. The largest absolute Gasteiger partial charge is 0.242 e. The molecule has 1 spiro atoms. The van der Waals surface area contributed by atoms with Gasteiger partial charge < -0.3 is 0 Å². The number of fused-ring (bicyclic) bond motifs is 1. The molecule has 1 aromatic rings. The van der Waals surface area contributed by atoms with Crippen molar-refractivity contribution in [2.24, 2.45) is 11.3 Å². The van der Waals surface area contributed by atoms with E-state index >= 15 is 0 Å². The fourth-order valence-electron chi connectivity index (χ4n) is 5.00. The first kappa shape index (κ1) is 21.4. The molecule has 0 aliphatic heterocycles. The van der Waals surface area contributed by atoms with Gasteiger partial charge >= 0.3 is 0 Å². The second kappa shape index (κ2) is 7.83. The summed E-state index contributed by atoms with van der Waals surface area (Å²) in [5.74, 6) is -0.284. The SMILES string of the molecule is CC(NS(=O)C(C)(C)C)C1c2cc(Br)ccc2CC12CCC(C(F)F)CC2. The first-order valence-corrected chi connectivity index (χ1v) is 11.7. The van der Waals surface area contributed by atoms with Gasteiger partial charge in [0.15, 0.2) is 0 Å². The predicted molar refractivity (Wildman–Crippen MR) is 111 cm³/mol. The van der Waals surface area contributed by atoms with Crippen molar-refractivity contribution in [3.63, 3.8) is 0 Å². The topological polar surface area (TPSA) is 29.1 Å². The van der Waals surface area contributed by atoms with Crippen LogP contribution in [0.15, 0.2) is 22.7 Å². The number of alkyl halides is 2. The summed E-state index contributed by atoms with van der Waals surface area (Å²) < 4.78 is 43.2. The Morgan fingerprint density at radius 3 is 2.44 bits per heavy atom. The fraction of sp³-hybridized carbons (Fsp3) is 0.714. The zero-order chi connectivity index (χ0) is 20.0. The highest BCUT2D eigenvalue weighted by atomic mass is 79.9. The van der Waals surface area contributed by atoms with E-state index in [9.17, 15) is 13.0 Å². The Hall–Kier alpha value is -0.330. The maximum atomic E-state index is 13.2. The van der Waals surface area contributed by atoms with Crippen molar-refractivity contribution in [2.75, 3.05) is 0 Å². The van der Waals surface area contributed by atoms with Gasteiger partial charge in [-0.1, -0.05) is 22.0 Å². The lowest BCUT2D eigenvalue weighted by molar-refractivity contribution is 0.0161. The summed E-state index contributed by atoms with van der Waals surface area (Å²) in [5.41, 5.74) is 2.59. The number of nitrogens with one attached hydrogen (secondary N) is 1. The van der Waals surface area contributed by atoms with Gasteiger partial charge in [0.25, 0.3) is 0 Å². The Balaban J connectivity index is 1.91. The van der Waals surface area contributed by atoms with Crippen LogP contribution in [-0.4, -0.2) is 21.4 Å². The van der Waals surface area contributed by atoms with Crippen LogP contribution in [0.25, 0.3) is 0 Å². The summed E-state index contributed by atoms with van der Waals surface area (Å²) in [6.07, 6.45) is 1.50. The van der Waals surface area contributed by atoms with Crippen LogP contribution in [0.5, 0.6) is 0 Å². The molecule has 0 radical (unpaired) electrons. The molecule has 0 aromatic heterocycles. The highest BCUT2D eigenvalue weighted by Gasteiger charge is 2.50. The van der Waals surface area contributed by atoms with E-state index in [1.165, 1.54) is 11.1 Å². The van der Waals surface area contributed by atoms with Gasteiger partial charge in [-0.25, -0.2) is 17.7 Å². The molecule has 2 nitrogen and oxygen atoms in total. The highest BCUT2D eigenvalue weighted by Crippen LogP contribution is 2.58. The third-order valence-corrected chi connectivity index (χ3v) is 8.57. The Kier molecular flexibility index (Phi) is 6.20. The number of hydrogen-bond donors (Lipinski definition) is 1. The van der Waals surface area contributed by atoms with E-state index in [4.69, 9.17) is 0 Å². The van der Waals surface area contributed by atoms with Crippen LogP contribution in [0.4, 0.5) is 8.78 Å². The summed E-state index contributed by atoms with van der Waals surface area (Å²) >= 11 is 3.59. The van der Waals surface area contributed by atoms with Crippen LogP contribution in [0.2, 0.25) is 0 Å². The minimum Gasteiger partial charge on any atom is -0.242 e. The van der Waals surface area contributed by atoms with Crippen LogP contribution in [0.3, 0.4) is 0 Å². The zero-order valence-corrected chi connectivity index (χ0v) is 18.9. The maximum absolute atomic E-state index is 13.2. The van der Waals surface area contributed by atoms with Crippen LogP contribution in [-0.2, 0) is 17.4 Å². The van der Waals surface area contributed by atoms with Gasteiger partial charge in [0.1, 0.15) is 0 Å². The average Bonchev–Trinajstić information content (AvgIpc) is 2.86. The van der Waals surface area contributed by atoms with E-state index in [1.807, 2.05) is 20.8 Å². The van der Waals surface area contributed by atoms with Crippen LogP contribution >= 0.6 is 15.9 Å². The molecule has 1 saturated carbocycles. The first-order valence-electron chi connectivity index (χ1n) is 9.78. The third-order valence-electron chi connectivity index (χ3n) is 6.38. The quantitative estimate of drug-likeness (QED) is 0.587. The van der Waals surface area contributed by atoms with Crippen LogP contribution in [0.1, 0.15) is 70.4 Å². The average molecular weight is 462 g/mol. The summed E-state index contributed by atoms with van der Waals surface area (Å²) in [4.78, 5) is 0. The molecule has 0 saturated heterocycles. The maximum Gasteiger partial charge on any atom is 0.241 e. The Morgan fingerprint density at radius 1 is 1.26 bits per heavy atom.